The number of fused-ring (bicyclic) bond motifs is 1. The lowest BCUT2D eigenvalue weighted by molar-refractivity contribution is 0.146. The lowest BCUT2D eigenvalue weighted by Crippen LogP contribution is -2.15. The lowest BCUT2D eigenvalue weighted by Gasteiger charge is -2.20. The molecule has 0 spiro atoms. The summed E-state index contributed by atoms with van der Waals surface area (Å²) >= 11 is 0. The number of alkyl halides is 2. The normalized spacial score (nSPS) is 16.5. The van der Waals surface area contributed by atoms with Gasteiger partial charge in [-0.1, -0.05) is 24.3 Å². The molecule has 174 valence electrons. The molecule has 1 aliphatic rings. The van der Waals surface area contributed by atoms with E-state index in [1.807, 2.05) is 0 Å². The van der Waals surface area contributed by atoms with E-state index < -0.39 is 33.7 Å². The summed E-state index contributed by atoms with van der Waals surface area (Å²) in [4.78, 5) is 8.55. The van der Waals surface area contributed by atoms with Crippen LogP contribution in [0.25, 0.3) is 16.5 Å². The highest BCUT2D eigenvalue weighted by molar-refractivity contribution is 7.91. The maximum absolute atomic E-state index is 14.6. The van der Waals surface area contributed by atoms with E-state index in [2.05, 4.69) is 15.3 Å². The quantitative estimate of drug-likeness (QED) is 0.533. The minimum atomic E-state index is -3.10. The molecule has 1 aliphatic heterocycles. The van der Waals surface area contributed by atoms with Crippen LogP contribution in [-0.4, -0.2) is 37.0 Å². The smallest absolute Gasteiger partial charge is 0.266 e. The van der Waals surface area contributed by atoms with Crippen molar-refractivity contribution in [2.45, 2.75) is 25.8 Å². The van der Waals surface area contributed by atoms with E-state index in [0.717, 1.165) is 17.2 Å². The predicted molar refractivity (Wildman–Crippen MR) is 121 cm³/mol. The van der Waals surface area contributed by atoms with Crippen LogP contribution in [0.1, 0.15) is 42.5 Å². The molecular weight excluding hydrogens is 455 g/mol. The summed E-state index contributed by atoms with van der Waals surface area (Å²) < 4.78 is 70.0. The highest BCUT2D eigenvalue weighted by Gasteiger charge is 2.23. The van der Waals surface area contributed by atoms with Crippen molar-refractivity contribution in [2.75, 3.05) is 23.9 Å². The molecule has 1 unspecified atom stereocenters. The molecule has 0 saturated heterocycles. The second-order valence-corrected chi connectivity index (χ2v) is 10.0. The molecule has 0 bridgehead atoms. The molecule has 0 radical (unpaired) electrons. The van der Waals surface area contributed by atoms with Gasteiger partial charge in [0.2, 0.25) is 0 Å². The van der Waals surface area contributed by atoms with Gasteiger partial charge in [-0.3, -0.25) is 0 Å². The fraction of sp³-hybridized carbons (Fsp3) is 0.304. The SMILES string of the molecule is COc1cc2ncnc(NC(C)c3cccc(C(F)F)c3F)c2cc1C1=CCS(=O)(=O)CC1. The van der Waals surface area contributed by atoms with Crippen molar-refractivity contribution in [1.82, 2.24) is 9.97 Å². The van der Waals surface area contributed by atoms with Crippen molar-refractivity contribution in [3.8, 4) is 5.75 Å². The molecule has 0 aliphatic carbocycles. The summed E-state index contributed by atoms with van der Waals surface area (Å²) in [6.07, 6.45) is 0.449. The maximum atomic E-state index is 14.6. The number of hydrogen-bond acceptors (Lipinski definition) is 6. The van der Waals surface area contributed by atoms with Gasteiger partial charge in [-0.05, 0) is 25.0 Å². The van der Waals surface area contributed by atoms with Crippen molar-refractivity contribution >= 4 is 32.1 Å². The van der Waals surface area contributed by atoms with E-state index in [-0.39, 0.29) is 17.1 Å². The summed E-state index contributed by atoms with van der Waals surface area (Å²) in [6.45, 7) is 1.65. The molecule has 1 N–H and O–H groups in total. The molecular formula is C23H22F3N3O3S. The Balaban J connectivity index is 1.75. The van der Waals surface area contributed by atoms with Crippen LogP contribution in [0.2, 0.25) is 0 Å². The number of hydrogen-bond donors (Lipinski definition) is 1. The van der Waals surface area contributed by atoms with Crippen molar-refractivity contribution in [3.05, 3.63) is 65.2 Å². The van der Waals surface area contributed by atoms with Crippen LogP contribution < -0.4 is 10.1 Å². The zero-order valence-electron chi connectivity index (χ0n) is 18.0. The number of nitrogens with one attached hydrogen (secondary N) is 1. The van der Waals surface area contributed by atoms with Gasteiger partial charge in [-0.2, -0.15) is 0 Å². The third-order valence-corrected chi connectivity index (χ3v) is 7.18. The minimum Gasteiger partial charge on any atom is -0.496 e. The molecule has 2 aromatic carbocycles. The molecule has 2 heterocycles. The third kappa shape index (κ3) is 4.66. The van der Waals surface area contributed by atoms with E-state index >= 15 is 0 Å². The van der Waals surface area contributed by atoms with Crippen LogP contribution in [0, 0.1) is 5.82 Å². The number of methoxy groups -OCH3 is 1. The van der Waals surface area contributed by atoms with Crippen molar-refractivity contribution in [2.24, 2.45) is 0 Å². The lowest BCUT2D eigenvalue weighted by atomic mass is 9.99. The van der Waals surface area contributed by atoms with Gasteiger partial charge >= 0.3 is 0 Å². The monoisotopic (exact) mass is 477 g/mol. The third-order valence-electron chi connectivity index (χ3n) is 5.68. The highest BCUT2D eigenvalue weighted by atomic mass is 32.2. The average Bonchev–Trinajstić information content (AvgIpc) is 2.78. The summed E-state index contributed by atoms with van der Waals surface area (Å²) in [6, 6.07) is 6.77. The standard InChI is InChI=1S/C23H22F3N3O3S/c1-13(15-4-3-5-16(21(15)24)22(25)26)29-23-18-10-17(14-6-8-33(30,31)9-7-14)20(32-2)11-19(18)27-12-28-23/h3-6,10-13,22H,7-9H2,1-2H3,(H,27,28,29). The number of rotatable bonds is 6. The Hall–Kier alpha value is -3.14. The fourth-order valence-corrected chi connectivity index (χ4v) is 5.05. The Morgan fingerprint density at radius 1 is 1.15 bits per heavy atom. The summed E-state index contributed by atoms with van der Waals surface area (Å²) in [5.74, 6) is -0.0188. The van der Waals surface area contributed by atoms with Crippen molar-refractivity contribution in [3.63, 3.8) is 0 Å². The Morgan fingerprint density at radius 3 is 2.58 bits per heavy atom. The number of anilines is 1. The molecule has 10 heteroatoms. The Labute approximate surface area is 189 Å². The van der Waals surface area contributed by atoms with E-state index in [4.69, 9.17) is 4.74 Å². The van der Waals surface area contributed by atoms with Gasteiger partial charge in [-0.15, -0.1) is 0 Å². The predicted octanol–water partition coefficient (Wildman–Crippen LogP) is 5.09. The van der Waals surface area contributed by atoms with E-state index in [1.165, 1.54) is 25.6 Å². The molecule has 0 fully saturated rings. The highest BCUT2D eigenvalue weighted by Crippen LogP contribution is 2.36. The van der Waals surface area contributed by atoms with Crippen LogP contribution in [-0.2, 0) is 9.84 Å². The average molecular weight is 478 g/mol. The number of nitrogens with zero attached hydrogens (tertiary/aromatic N) is 2. The largest absolute Gasteiger partial charge is 0.496 e. The first kappa shape index (κ1) is 23.0. The minimum absolute atomic E-state index is 0.0449. The first-order chi connectivity index (χ1) is 15.7. The number of ether oxygens (including phenoxy) is 1. The number of sulfone groups is 1. The Bertz CT molecular complexity index is 1340. The summed E-state index contributed by atoms with van der Waals surface area (Å²) in [7, 11) is -1.58. The molecule has 0 amide bonds. The Morgan fingerprint density at radius 2 is 1.91 bits per heavy atom. The number of halogens is 3. The van der Waals surface area contributed by atoms with E-state index in [9.17, 15) is 21.6 Å². The first-order valence-electron chi connectivity index (χ1n) is 10.3. The van der Waals surface area contributed by atoms with Gasteiger partial charge in [0.25, 0.3) is 6.43 Å². The van der Waals surface area contributed by atoms with Crippen LogP contribution in [0.15, 0.2) is 42.7 Å². The summed E-state index contributed by atoms with van der Waals surface area (Å²) in [5, 5.41) is 3.71. The molecule has 6 nitrogen and oxygen atoms in total. The summed E-state index contributed by atoms with van der Waals surface area (Å²) in [5.41, 5.74) is 1.55. The van der Waals surface area contributed by atoms with Gasteiger partial charge in [0, 0.05) is 22.6 Å². The molecule has 1 aromatic heterocycles. The van der Waals surface area contributed by atoms with Gasteiger partial charge < -0.3 is 10.1 Å². The van der Waals surface area contributed by atoms with Gasteiger partial charge in [0.15, 0.2) is 9.84 Å². The van der Waals surface area contributed by atoms with E-state index in [1.54, 1.807) is 25.1 Å². The van der Waals surface area contributed by atoms with Crippen LogP contribution >= 0.6 is 0 Å². The molecule has 3 aromatic rings. The van der Waals surface area contributed by atoms with Crippen LogP contribution in [0.5, 0.6) is 5.75 Å². The second kappa shape index (κ2) is 9.01. The van der Waals surface area contributed by atoms with E-state index in [0.29, 0.717) is 28.9 Å². The van der Waals surface area contributed by atoms with Gasteiger partial charge in [0.05, 0.1) is 35.7 Å². The number of allylic oxidation sites excluding steroid dienone is 1. The number of benzene rings is 2. The molecule has 1 atom stereocenters. The first-order valence-corrected chi connectivity index (χ1v) is 12.1. The molecule has 0 saturated carbocycles. The topological polar surface area (TPSA) is 81.2 Å². The van der Waals surface area contributed by atoms with Gasteiger partial charge in [-0.25, -0.2) is 31.6 Å². The molecule has 4 rings (SSSR count). The Kier molecular flexibility index (Phi) is 6.29. The number of aromatic nitrogens is 2. The zero-order chi connectivity index (χ0) is 23.8. The van der Waals surface area contributed by atoms with Crippen LogP contribution in [0.4, 0.5) is 19.0 Å². The second-order valence-electron chi connectivity index (χ2n) is 7.80. The van der Waals surface area contributed by atoms with Crippen molar-refractivity contribution in [1.29, 1.82) is 0 Å². The zero-order valence-corrected chi connectivity index (χ0v) is 18.8. The maximum Gasteiger partial charge on any atom is 0.266 e. The fourth-order valence-electron chi connectivity index (χ4n) is 3.90. The van der Waals surface area contributed by atoms with Gasteiger partial charge in [0.1, 0.15) is 23.7 Å². The molecule has 33 heavy (non-hydrogen) atoms. The van der Waals surface area contributed by atoms with Crippen LogP contribution in [0.3, 0.4) is 0 Å². The van der Waals surface area contributed by atoms with Crippen molar-refractivity contribution < 1.29 is 26.3 Å².